The van der Waals surface area contributed by atoms with Crippen molar-refractivity contribution in [3.63, 3.8) is 0 Å². The van der Waals surface area contributed by atoms with E-state index >= 15 is 0 Å². The number of benzene rings is 2. The third-order valence-corrected chi connectivity index (χ3v) is 6.29. The summed E-state index contributed by atoms with van der Waals surface area (Å²) in [5, 5.41) is 3.13. The van der Waals surface area contributed by atoms with E-state index < -0.39 is 0 Å². The summed E-state index contributed by atoms with van der Waals surface area (Å²) in [5.74, 6) is 0.00938. The molecule has 0 bridgehead atoms. The van der Waals surface area contributed by atoms with Gasteiger partial charge in [0.15, 0.2) is 0 Å². The number of aryl methyl sites for hydroxylation is 3. The molecule has 2 aromatic heterocycles. The molecule has 4 aromatic rings. The summed E-state index contributed by atoms with van der Waals surface area (Å²) in [6, 6.07) is 19.1. The lowest BCUT2D eigenvalue weighted by Gasteiger charge is -2.10. The van der Waals surface area contributed by atoms with Crippen LogP contribution >= 0.6 is 0 Å². The van der Waals surface area contributed by atoms with Crippen molar-refractivity contribution < 1.29 is 4.79 Å². The van der Waals surface area contributed by atoms with Gasteiger partial charge in [-0.1, -0.05) is 67.1 Å². The van der Waals surface area contributed by atoms with Gasteiger partial charge in [0.05, 0.1) is 5.69 Å². The fraction of sp³-hybridized carbons (Fsp3) is 0.296. The van der Waals surface area contributed by atoms with Crippen LogP contribution in [0.2, 0.25) is 0 Å². The van der Waals surface area contributed by atoms with Crippen molar-refractivity contribution in [2.45, 2.75) is 46.1 Å². The molecule has 1 N–H and O–H groups in total. The van der Waals surface area contributed by atoms with Crippen LogP contribution < -0.4 is 5.32 Å². The van der Waals surface area contributed by atoms with E-state index in [1.54, 1.807) is 0 Å². The fourth-order valence-corrected chi connectivity index (χ4v) is 4.80. The van der Waals surface area contributed by atoms with Crippen LogP contribution in [0.1, 0.15) is 47.8 Å². The number of aromatic nitrogens is 2. The lowest BCUT2D eigenvalue weighted by Crippen LogP contribution is -2.25. The van der Waals surface area contributed by atoms with E-state index in [2.05, 4.69) is 82.9 Å². The highest BCUT2D eigenvalue weighted by atomic mass is 16.1. The van der Waals surface area contributed by atoms with Gasteiger partial charge >= 0.3 is 0 Å². The molecule has 0 saturated carbocycles. The number of carbonyl (C=O) groups is 1. The molecule has 0 fully saturated rings. The molecule has 3 heterocycles. The molecule has 1 aliphatic heterocycles. The SMILES string of the molecule is CCCNC(=O)c1c(-c2ccccc2)c2c3n(c(-c4ccc(C)cc4)cn13)CCCC2. The Morgan fingerprint density at radius 1 is 1.00 bits per heavy atom. The summed E-state index contributed by atoms with van der Waals surface area (Å²) in [7, 11) is 0. The Balaban J connectivity index is 1.80. The lowest BCUT2D eigenvalue weighted by molar-refractivity contribution is 0.0948. The minimum Gasteiger partial charge on any atom is -0.351 e. The van der Waals surface area contributed by atoms with Crippen molar-refractivity contribution in [1.82, 2.24) is 14.3 Å². The van der Waals surface area contributed by atoms with Gasteiger partial charge in [-0.2, -0.15) is 0 Å². The van der Waals surface area contributed by atoms with Crippen molar-refractivity contribution in [2.24, 2.45) is 0 Å². The van der Waals surface area contributed by atoms with Crippen molar-refractivity contribution in [1.29, 1.82) is 0 Å². The molecule has 1 amide bonds. The number of nitrogens with one attached hydrogen (secondary N) is 1. The predicted octanol–water partition coefficient (Wildman–Crippen LogP) is 5.86. The Labute approximate surface area is 183 Å². The normalized spacial score (nSPS) is 13.4. The summed E-state index contributed by atoms with van der Waals surface area (Å²) < 4.78 is 4.58. The first-order valence-electron chi connectivity index (χ1n) is 11.4. The molecule has 4 nitrogen and oxygen atoms in total. The second-order valence-corrected chi connectivity index (χ2v) is 8.51. The summed E-state index contributed by atoms with van der Waals surface area (Å²) in [4.78, 5) is 13.4. The van der Waals surface area contributed by atoms with Gasteiger partial charge in [0, 0.05) is 30.4 Å². The molecule has 31 heavy (non-hydrogen) atoms. The minimum atomic E-state index is 0.00938. The molecule has 5 rings (SSSR count). The van der Waals surface area contributed by atoms with Crippen LogP contribution in [-0.2, 0) is 13.0 Å². The lowest BCUT2D eigenvalue weighted by atomic mass is 9.98. The zero-order valence-electron chi connectivity index (χ0n) is 18.3. The van der Waals surface area contributed by atoms with Gasteiger partial charge in [-0.15, -0.1) is 0 Å². The molecule has 0 saturated heterocycles. The van der Waals surface area contributed by atoms with E-state index in [1.165, 1.54) is 28.0 Å². The van der Waals surface area contributed by atoms with E-state index in [0.29, 0.717) is 6.54 Å². The quantitative estimate of drug-likeness (QED) is 0.439. The molecule has 1 aliphatic rings. The highest BCUT2D eigenvalue weighted by Crippen LogP contribution is 2.39. The molecule has 2 aromatic carbocycles. The number of rotatable bonds is 5. The second kappa shape index (κ2) is 8.10. The number of amides is 1. The Morgan fingerprint density at radius 3 is 2.52 bits per heavy atom. The monoisotopic (exact) mass is 411 g/mol. The second-order valence-electron chi connectivity index (χ2n) is 8.51. The number of carbonyl (C=O) groups excluding carboxylic acids is 1. The highest BCUT2D eigenvalue weighted by Gasteiger charge is 2.29. The molecule has 0 radical (unpaired) electrons. The first-order valence-corrected chi connectivity index (χ1v) is 11.4. The van der Waals surface area contributed by atoms with Gasteiger partial charge in [0.2, 0.25) is 0 Å². The summed E-state index contributed by atoms with van der Waals surface area (Å²) in [6.45, 7) is 5.85. The molecular weight excluding hydrogens is 382 g/mol. The average molecular weight is 412 g/mol. The fourth-order valence-electron chi connectivity index (χ4n) is 4.80. The van der Waals surface area contributed by atoms with Gasteiger partial charge < -0.3 is 9.88 Å². The van der Waals surface area contributed by atoms with Crippen molar-refractivity contribution in [3.8, 4) is 22.4 Å². The van der Waals surface area contributed by atoms with Gasteiger partial charge in [-0.25, -0.2) is 0 Å². The number of imidazole rings is 1. The highest BCUT2D eigenvalue weighted by molar-refractivity contribution is 6.03. The van der Waals surface area contributed by atoms with Crippen LogP contribution in [0.25, 0.3) is 28.0 Å². The molecule has 0 atom stereocenters. The maximum Gasteiger partial charge on any atom is 0.268 e. The van der Waals surface area contributed by atoms with Gasteiger partial charge in [0.1, 0.15) is 11.3 Å². The van der Waals surface area contributed by atoms with Crippen molar-refractivity contribution >= 4 is 11.6 Å². The first kappa shape index (κ1) is 19.7. The van der Waals surface area contributed by atoms with E-state index in [9.17, 15) is 4.79 Å². The van der Waals surface area contributed by atoms with Crippen LogP contribution in [0, 0.1) is 6.92 Å². The summed E-state index contributed by atoms with van der Waals surface area (Å²) >= 11 is 0. The van der Waals surface area contributed by atoms with Crippen molar-refractivity contribution in [2.75, 3.05) is 6.54 Å². The van der Waals surface area contributed by atoms with Crippen molar-refractivity contribution in [3.05, 3.63) is 77.6 Å². The topological polar surface area (TPSA) is 38.4 Å². The van der Waals surface area contributed by atoms with Gasteiger partial charge in [-0.3, -0.25) is 9.20 Å². The van der Waals surface area contributed by atoms with E-state index in [1.807, 2.05) is 6.07 Å². The van der Waals surface area contributed by atoms with Crippen LogP contribution in [-0.4, -0.2) is 21.4 Å². The van der Waals surface area contributed by atoms with Gasteiger partial charge in [-0.05, 0) is 43.7 Å². The summed E-state index contributed by atoms with van der Waals surface area (Å²) in [6.07, 6.45) is 6.35. The smallest absolute Gasteiger partial charge is 0.268 e. The average Bonchev–Trinajstić information content (AvgIpc) is 3.21. The number of nitrogens with zero attached hydrogens (tertiary/aromatic N) is 2. The minimum absolute atomic E-state index is 0.00938. The van der Waals surface area contributed by atoms with Crippen LogP contribution in [0.3, 0.4) is 0 Å². The number of hydrogen-bond acceptors (Lipinski definition) is 1. The molecule has 0 spiro atoms. The maximum absolute atomic E-state index is 13.4. The van der Waals surface area contributed by atoms with Crippen LogP contribution in [0.15, 0.2) is 60.8 Å². The standard InChI is InChI=1S/C27H29N3O/c1-3-16-28-26(31)25-24(21-9-5-4-6-10-21)22-11-7-8-17-29-23(18-30(25)27(22)29)20-14-12-19(2)13-15-20/h4-6,9-10,12-15,18H,3,7-8,11,16-17H2,1-2H3,(H,28,31). The zero-order valence-corrected chi connectivity index (χ0v) is 18.3. The Bertz CT molecular complexity index is 1230. The molecule has 158 valence electrons. The largest absolute Gasteiger partial charge is 0.351 e. The van der Waals surface area contributed by atoms with E-state index in [-0.39, 0.29) is 5.91 Å². The number of hydrogen-bond donors (Lipinski definition) is 1. The zero-order chi connectivity index (χ0) is 21.4. The Morgan fingerprint density at radius 2 is 1.77 bits per heavy atom. The predicted molar refractivity (Wildman–Crippen MR) is 127 cm³/mol. The first-order chi connectivity index (χ1) is 15.2. The Kier molecular flexibility index (Phi) is 5.14. The third-order valence-electron chi connectivity index (χ3n) is 6.29. The maximum atomic E-state index is 13.4. The molecular formula is C27H29N3O. The molecule has 0 unspecified atom stereocenters. The molecule has 0 aliphatic carbocycles. The van der Waals surface area contributed by atoms with E-state index in [4.69, 9.17) is 0 Å². The third kappa shape index (κ3) is 3.36. The molecule has 4 heteroatoms. The van der Waals surface area contributed by atoms with Crippen LogP contribution in [0.5, 0.6) is 0 Å². The summed E-state index contributed by atoms with van der Waals surface area (Å²) in [5.41, 5.74) is 9.08. The van der Waals surface area contributed by atoms with Gasteiger partial charge in [0.25, 0.3) is 5.91 Å². The van der Waals surface area contributed by atoms with Crippen LogP contribution in [0.4, 0.5) is 0 Å². The van der Waals surface area contributed by atoms with E-state index in [0.717, 1.165) is 49.0 Å². The Hall–Kier alpha value is -3.27.